The normalized spacial score (nSPS) is 13.9. The summed E-state index contributed by atoms with van der Waals surface area (Å²) >= 11 is 1.62. The van der Waals surface area contributed by atoms with Crippen LogP contribution in [0.25, 0.3) is 0 Å². The maximum absolute atomic E-state index is 12.0. The highest BCUT2D eigenvalue weighted by atomic mass is 32.1. The van der Waals surface area contributed by atoms with Gasteiger partial charge < -0.3 is 11.1 Å². The Labute approximate surface area is 111 Å². The fraction of sp³-hybridized carbons (Fsp3) is 0.214. The molecule has 2 aromatic rings. The highest BCUT2D eigenvalue weighted by molar-refractivity contribution is 7.10. The van der Waals surface area contributed by atoms with Crippen LogP contribution >= 0.6 is 11.3 Å². The topological polar surface area (TPSA) is 55.1 Å². The molecule has 0 aliphatic carbocycles. The molecule has 1 aromatic carbocycles. The van der Waals surface area contributed by atoms with Crippen molar-refractivity contribution in [3.63, 3.8) is 0 Å². The highest BCUT2D eigenvalue weighted by Gasteiger charge is 2.18. The zero-order valence-corrected chi connectivity index (χ0v) is 11.0. The number of carbonyl (C=O) groups is 1. The van der Waals surface area contributed by atoms with Crippen molar-refractivity contribution < 1.29 is 4.79 Å². The molecule has 0 spiro atoms. The van der Waals surface area contributed by atoms with Gasteiger partial charge in [0.2, 0.25) is 5.91 Å². The second kappa shape index (κ2) is 5.80. The van der Waals surface area contributed by atoms with Crippen LogP contribution in [-0.4, -0.2) is 5.91 Å². The van der Waals surface area contributed by atoms with Gasteiger partial charge in [0.05, 0.1) is 6.04 Å². The first-order valence-corrected chi connectivity index (χ1v) is 6.71. The van der Waals surface area contributed by atoms with E-state index in [1.807, 2.05) is 54.8 Å². The Morgan fingerprint density at radius 1 is 1.22 bits per heavy atom. The fourth-order valence-corrected chi connectivity index (χ4v) is 2.46. The predicted octanol–water partition coefficient (Wildman–Crippen LogP) is 2.63. The van der Waals surface area contributed by atoms with E-state index in [1.165, 1.54) is 0 Å². The zero-order valence-electron chi connectivity index (χ0n) is 10.2. The molecule has 0 saturated heterocycles. The SMILES string of the molecule is C[C@H](NC(=O)C(N)c1ccccc1)c1cccs1. The van der Waals surface area contributed by atoms with Gasteiger partial charge in [-0.25, -0.2) is 0 Å². The Morgan fingerprint density at radius 2 is 1.94 bits per heavy atom. The molecule has 0 aliphatic heterocycles. The molecule has 0 bridgehead atoms. The molecule has 1 amide bonds. The van der Waals surface area contributed by atoms with Gasteiger partial charge in [0.1, 0.15) is 6.04 Å². The summed E-state index contributed by atoms with van der Waals surface area (Å²) in [6.45, 7) is 1.96. The molecule has 3 nitrogen and oxygen atoms in total. The molecule has 2 atom stereocenters. The van der Waals surface area contributed by atoms with Crippen LogP contribution in [0.1, 0.15) is 29.4 Å². The summed E-state index contributed by atoms with van der Waals surface area (Å²) in [6, 6.07) is 12.7. The lowest BCUT2D eigenvalue weighted by atomic mass is 10.1. The zero-order chi connectivity index (χ0) is 13.0. The van der Waals surface area contributed by atoms with E-state index >= 15 is 0 Å². The molecule has 18 heavy (non-hydrogen) atoms. The quantitative estimate of drug-likeness (QED) is 0.888. The number of carbonyl (C=O) groups excluding carboxylic acids is 1. The molecule has 1 aromatic heterocycles. The Kier molecular flexibility index (Phi) is 4.12. The molecule has 94 valence electrons. The largest absolute Gasteiger partial charge is 0.347 e. The third-order valence-corrected chi connectivity index (χ3v) is 3.82. The van der Waals surface area contributed by atoms with Crippen LogP contribution < -0.4 is 11.1 Å². The van der Waals surface area contributed by atoms with Gasteiger partial charge in [0.15, 0.2) is 0 Å². The number of hydrogen-bond donors (Lipinski definition) is 2. The molecular weight excluding hydrogens is 244 g/mol. The second-order valence-corrected chi connectivity index (χ2v) is 5.11. The van der Waals surface area contributed by atoms with Gasteiger partial charge in [0, 0.05) is 4.88 Å². The van der Waals surface area contributed by atoms with E-state index in [-0.39, 0.29) is 11.9 Å². The van der Waals surface area contributed by atoms with Gasteiger partial charge >= 0.3 is 0 Å². The molecule has 3 N–H and O–H groups in total. The Hall–Kier alpha value is -1.65. The van der Waals surface area contributed by atoms with Crippen molar-refractivity contribution in [3.8, 4) is 0 Å². The number of nitrogens with two attached hydrogens (primary N) is 1. The van der Waals surface area contributed by atoms with E-state index in [4.69, 9.17) is 5.73 Å². The standard InChI is InChI=1S/C14H16N2OS/c1-10(12-8-5-9-18-12)16-14(17)13(15)11-6-3-2-4-7-11/h2-10,13H,15H2,1H3,(H,16,17)/t10-,13?/m0/s1. The summed E-state index contributed by atoms with van der Waals surface area (Å²) in [5, 5.41) is 4.92. The molecule has 0 radical (unpaired) electrons. The summed E-state index contributed by atoms with van der Waals surface area (Å²) < 4.78 is 0. The van der Waals surface area contributed by atoms with E-state index in [0.717, 1.165) is 10.4 Å². The monoisotopic (exact) mass is 260 g/mol. The summed E-state index contributed by atoms with van der Waals surface area (Å²) in [5.74, 6) is -0.151. The van der Waals surface area contributed by atoms with Crippen molar-refractivity contribution in [2.24, 2.45) is 5.73 Å². The molecule has 4 heteroatoms. The minimum absolute atomic E-state index is 0.00716. The third kappa shape index (κ3) is 2.97. The Balaban J connectivity index is 2.00. The summed E-state index contributed by atoms with van der Waals surface area (Å²) in [4.78, 5) is 13.1. The van der Waals surface area contributed by atoms with Gasteiger partial charge in [-0.2, -0.15) is 0 Å². The van der Waals surface area contributed by atoms with Crippen molar-refractivity contribution >= 4 is 17.2 Å². The molecule has 0 fully saturated rings. The van der Waals surface area contributed by atoms with Crippen molar-refractivity contribution in [3.05, 3.63) is 58.3 Å². The first kappa shape index (κ1) is 12.8. The van der Waals surface area contributed by atoms with Crippen LogP contribution in [-0.2, 0) is 4.79 Å². The van der Waals surface area contributed by atoms with E-state index in [0.29, 0.717) is 0 Å². The highest BCUT2D eigenvalue weighted by Crippen LogP contribution is 2.19. The fourth-order valence-electron chi connectivity index (χ4n) is 1.72. The van der Waals surface area contributed by atoms with Crippen LogP contribution in [0.5, 0.6) is 0 Å². The van der Waals surface area contributed by atoms with Crippen LogP contribution in [0.15, 0.2) is 47.8 Å². The van der Waals surface area contributed by atoms with E-state index in [1.54, 1.807) is 11.3 Å². The molecule has 0 aliphatic rings. The summed E-state index contributed by atoms with van der Waals surface area (Å²) in [5.41, 5.74) is 6.76. The van der Waals surface area contributed by atoms with Crippen molar-refractivity contribution in [1.82, 2.24) is 5.32 Å². The first-order valence-electron chi connectivity index (χ1n) is 5.83. The second-order valence-electron chi connectivity index (χ2n) is 4.13. The molecule has 0 saturated carbocycles. The number of amides is 1. The van der Waals surface area contributed by atoms with Crippen LogP contribution in [0.4, 0.5) is 0 Å². The van der Waals surface area contributed by atoms with Crippen LogP contribution in [0.3, 0.4) is 0 Å². The van der Waals surface area contributed by atoms with E-state index in [2.05, 4.69) is 5.32 Å². The van der Waals surface area contributed by atoms with Gasteiger partial charge in [-0.3, -0.25) is 4.79 Å². The minimum Gasteiger partial charge on any atom is -0.347 e. The van der Waals surface area contributed by atoms with E-state index < -0.39 is 6.04 Å². The average molecular weight is 260 g/mol. The van der Waals surface area contributed by atoms with Crippen molar-refractivity contribution in [1.29, 1.82) is 0 Å². The lowest BCUT2D eigenvalue weighted by Gasteiger charge is -2.16. The van der Waals surface area contributed by atoms with Crippen LogP contribution in [0, 0.1) is 0 Å². The lowest BCUT2D eigenvalue weighted by molar-refractivity contribution is -0.123. The van der Waals surface area contributed by atoms with Gasteiger partial charge in [-0.1, -0.05) is 36.4 Å². The number of thiophene rings is 1. The number of nitrogens with one attached hydrogen (secondary N) is 1. The van der Waals surface area contributed by atoms with Gasteiger partial charge in [-0.15, -0.1) is 11.3 Å². The third-order valence-electron chi connectivity index (χ3n) is 2.77. The molecular formula is C14H16N2OS. The summed E-state index contributed by atoms with van der Waals surface area (Å²) in [6.07, 6.45) is 0. The van der Waals surface area contributed by atoms with Crippen molar-refractivity contribution in [2.45, 2.75) is 19.0 Å². The molecule has 2 rings (SSSR count). The lowest BCUT2D eigenvalue weighted by Crippen LogP contribution is -2.35. The Bertz CT molecular complexity index is 496. The smallest absolute Gasteiger partial charge is 0.242 e. The van der Waals surface area contributed by atoms with Gasteiger partial charge in [-0.05, 0) is 23.9 Å². The summed E-state index contributed by atoms with van der Waals surface area (Å²) in [7, 11) is 0. The molecule has 1 heterocycles. The van der Waals surface area contributed by atoms with Gasteiger partial charge in [0.25, 0.3) is 0 Å². The number of benzene rings is 1. The number of hydrogen-bond acceptors (Lipinski definition) is 3. The van der Waals surface area contributed by atoms with E-state index in [9.17, 15) is 4.79 Å². The van der Waals surface area contributed by atoms with Crippen molar-refractivity contribution in [2.75, 3.05) is 0 Å². The first-order chi connectivity index (χ1) is 8.68. The van der Waals surface area contributed by atoms with Crippen LogP contribution in [0.2, 0.25) is 0 Å². The Morgan fingerprint density at radius 3 is 2.56 bits per heavy atom. The minimum atomic E-state index is -0.617. The number of rotatable bonds is 4. The average Bonchev–Trinajstić information content (AvgIpc) is 2.92. The molecule has 1 unspecified atom stereocenters. The predicted molar refractivity (Wildman–Crippen MR) is 74.2 cm³/mol. The maximum atomic E-state index is 12.0. The maximum Gasteiger partial charge on any atom is 0.242 e.